The molecule has 0 saturated heterocycles. The van der Waals surface area contributed by atoms with Crippen LogP contribution in [0.2, 0.25) is 0 Å². The fraction of sp³-hybridized carbons (Fsp3) is 0.250. The lowest BCUT2D eigenvalue weighted by atomic mass is 10.1. The quantitative estimate of drug-likeness (QED) is 0.688. The minimum atomic E-state index is -1.28. The van der Waals surface area contributed by atoms with Crippen molar-refractivity contribution in [3.8, 4) is 0 Å². The Kier molecular flexibility index (Phi) is 3.75. The van der Waals surface area contributed by atoms with E-state index in [0.29, 0.717) is 11.8 Å². The second kappa shape index (κ2) is 5.33. The van der Waals surface area contributed by atoms with Crippen molar-refractivity contribution in [2.45, 2.75) is 19.6 Å². The summed E-state index contributed by atoms with van der Waals surface area (Å²) in [6.07, 6.45) is -1.28. The van der Waals surface area contributed by atoms with Crippen LogP contribution in [0.5, 0.6) is 0 Å². The first-order valence-corrected chi connectivity index (χ1v) is 5.70. The van der Waals surface area contributed by atoms with Gasteiger partial charge in [-0.15, -0.1) is 0 Å². The zero-order valence-corrected chi connectivity index (χ0v) is 10.5. The largest absolute Gasteiger partial charge is 0.390 e. The molecule has 0 bridgehead atoms. The van der Waals surface area contributed by atoms with Crippen molar-refractivity contribution in [1.29, 1.82) is 0 Å². The number of nitro groups is 1. The van der Waals surface area contributed by atoms with Crippen molar-refractivity contribution in [3.63, 3.8) is 0 Å². The zero-order chi connectivity index (χ0) is 14.9. The molecule has 2 aromatic rings. The summed E-state index contributed by atoms with van der Waals surface area (Å²) in [5.41, 5.74) is 0.363. The molecule has 0 aliphatic rings. The van der Waals surface area contributed by atoms with Crippen LogP contribution in [0.3, 0.4) is 0 Å². The van der Waals surface area contributed by atoms with Crippen molar-refractivity contribution in [2.75, 3.05) is 0 Å². The van der Waals surface area contributed by atoms with Crippen LogP contribution >= 0.6 is 0 Å². The summed E-state index contributed by atoms with van der Waals surface area (Å²) in [5, 5.41) is 24.2. The Hall–Kier alpha value is -2.35. The fourth-order valence-corrected chi connectivity index (χ4v) is 1.80. The minimum Gasteiger partial charge on any atom is -0.386 e. The van der Waals surface area contributed by atoms with Crippen LogP contribution < -0.4 is 0 Å². The lowest BCUT2D eigenvalue weighted by Crippen LogP contribution is -2.13. The number of aliphatic hydroxyl groups is 1. The molecule has 0 unspecified atom stereocenters. The van der Waals surface area contributed by atoms with Gasteiger partial charge in [-0.1, -0.05) is 6.07 Å². The van der Waals surface area contributed by atoms with E-state index in [1.807, 2.05) is 0 Å². The topological polar surface area (TPSA) is 81.2 Å². The lowest BCUT2D eigenvalue weighted by molar-refractivity contribution is -0.389. The first-order chi connectivity index (χ1) is 9.38. The Morgan fingerprint density at radius 3 is 2.70 bits per heavy atom. The van der Waals surface area contributed by atoms with Crippen LogP contribution in [0.25, 0.3) is 0 Å². The molecule has 0 saturated carbocycles. The number of rotatable bonds is 4. The summed E-state index contributed by atoms with van der Waals surface area (Å²) in [6, 6.07) is 4.06. The molecule has 0 spiro atoms. The Bertz CT molecular complexity index is 657. The normalized spacial score (nSPS) is 12.4. The highest BCUT2D eigenvalue weighted by molar-refractivity contribution is 5.23. The molecule has 6 nitrogen and oxygen atoms in total. The van der Waals surface area contributed by atoms with Crippen LogP contribution in [-0.2, 0) is 6.54 Å². The maximum atomic E-state index is 13.5. The van der Waals surface area contributed by atoms with Crippen LogP contribution in [-0.4, -0.2) is 19.8 Å². The number of aromatic nitrogens is 2. The minimum absolute atomic E-state index is 0.0936. The van der Waals surface area contributed by atoms with Crippen molar-refractivity contribution in [1.82, 2.24) is 9.78 Å². The number of aryl methyl sites for hydroxylation is 1. The van der Waals surface area contributed by atoms with Gasteiger partial charge in [0.1, 0.15) is 17.7 Å². The van der Waals surface area contributed by atoms with E-state index in [1.54, 1.807) is 6.92 Å². The van der Waals surface area contributed by atoms with Gasteiger partial charge in [-0.3, -0.25) is 0 Å². The summed E-state index contributed by atoms with van der Waals surface area (Å²) < 4.78 is 27.5. The van der Waals surface area contributed by atoms with Crippen LogP contribution in [0.15, 0.2) is 24.3 Å². The van der Waals surface area contributed by atoms with Crippen molar-refractivity contribution in [3.05, 3.63) is 57.3 Å². The van der Waals surface area contributed by atoms with Crippen molar-refractivity contribution in [2.24, 2.45) is 0 Å². The number of hydrogen-bond donors (Lipinski definition) is 1. The van der Waals surface area contributed by atoms with Gasteiger partial charge in [0, 0.05) is 11.6 Å². The lowest BCUT2D eigenvalue weighted by Gasteiger charge is -2.11. The molecule has 0 fully saturated rings. The predicted molar refractivity (Wildman–Crippen MR) is 64.9 cm³/mol. The third kappa shape index (κ3) is 2.80. The van der Waals surface area contributed by atoms with Crippen molar-refractivity contribution < 1.29 is 18.8 Å². The highest BCUT2D eigenvalue weighted by atomic mass is 19.1. The second-order valence-electron chi connectivity index (χ2n) is 4.26. The van der Waals surface area contributed by atoms with E-state index >= 15 is 0 Å². The maximum absolute atomic E-state index is 13.5. The third-order valence-electron chi connectivity index (χ3n) is 2.82. The predicted octanol–water partition coefficient (Wildman–Crippen LogP) is 2.11. The van der Waals surface area contributed by atoms with Gasteiger partial charge in [0.25, 0.3) is 0 Å². The van der Waals surface area contributed by atoms with E-state index in [1.165, 1.54) is 10.7 Å². The zero-order valence-electron chi connectivity index (χ0n) is 10.5. The van der Waals surface area contributed by atoms with Crippen LogP contribution in [0.1, 0.15) is 17.4 Å². The van der Waals surface area contributed by atoms with Crippen LogP contribution in [0.4, 0.5) is 14.6 Å². The number of halogens is 2. The van der Waals surface area contributed by atoms with Gasteiger partial charge in [-0.05, 0) is 17.9 Å². The van der Waals surface area contributed by atoms with E-state index < -0.39 is 22.7 Å². The molecule has 1 N–H and O–H groups in total. The molecule has 0 amide bonds. The molecule has 1 atom stereocenters. The molecule has 1 heterocycles. The summed E-state index contributed by atoms with van der Waals surface area (Å²) in [6.45, 7) is 1.41. The van der Waals surface area contributed by atoms with Gasteiger partial charge in [0.2, 0.25) is 0 Å². The number of hydrogen-bond acceptors (Lipinski definition) is 4. The molecule has 0 aliphatic carbocycles. The van der Waals surface area contributed by atoms with Gasteiger partial charge in [-0.2, -0.15) is 4.68 Å². The number of aliphatic hydroxyl groups excluding tert-OH is 1. The summed E-state index contributed by atoms with van der Waals surface area (Å²) in [4.78, 5) is 9.92. The summed E-state index contributed by atoms with van der Waals surface area (Å²) in [5.74, 6) is -1.98. The number of nitrogens with zero attached hydrogens (tertiary/aromatic N) is 3. The molecule has 2 rings (SSSR count). The first kappa shape index (κ1) is 14.1. The molecule has 20 heavy (non-hydrogen) atoms. The molecule has 0 aliphatic heterocycles. The van der Waals surface area contributed by atoms with Gasteiger partial charge < -0.3 is 15.2 Å². The average Bonchev–Trinajstić information content (AvgIpc) is 2.71. The highest BCUT2D eigenvalue weighted by Crippen LogP contribution is 2.21. The maximum Gasteiger partial charge on any atom is 0.390 e. The monoisotopic (exact) mass is 283 g/mol. The Labute approximate surface area is 112 Å². The van der Waals surface area contributed by atoms with E-state index in [9.17, 15) is 24.0 Å². The Morgan fingerprint density at radius 2 is 2.15 bits per heavy atom. The smallest absolute Gasteiger partial charge is 0.386 e. The molecule has 1 aromatic carbocycles. The van der Waals surface area contributed by atoms with Gasteiger partial charge in [0.05, 0.1) is 23.4 Å². The molecule has 8 heteroatoms. The SMILES string of the molecule is Cc1cc([N+](=O)[O-])nn1C[C@@H](O)c1ccc(F)cc1F. The summed E-state index contributed by atoms with van der Waals surface area (Å²) in [7, 11) is 0. The van der Waals surface area contributed by atoms with E-state index in [2.05, 4.69) is 5.10 Å². The summed E-state index contributed by atoms with van der Waals surface area (Å²) >= 11 is 0. The van der Waals surface area contributed by atoms with E-state index in [4.69, 9.17) is 0 Å². The van der Waals surface area contributed by atoms with Gasteiger partial charge in [0.15, 0.2) is 0 Å². The molecular weight excluding hydrogens is 272 g/mol. The number of benzene rings is 1. The highest BCUT2D eigenvalue weighted by Gasteiger charge is 2.20. The molecule has 1 aromatic heterocycles. The van der Waals surface area contributed by atoms with E-state index in [-0.39, 0.29) is 17.9 Å². The fourth-order valence-electron chi connectivity index (χ4n) is 1.80. The third-order valence-corrected chi connectivity index (χ3v) is 2.82. The molecular formula is C12H11F2N3O3. The molecule has 0 radical (unpaired) electrons. The van der Waals surface area contributed by atoms with Crippen molar-refractivity contribution >= 4 is 5.82 Å². The first-order valence-electron chi connectivity index (χ1n) is 5.70. The average molecular weight is 283 g/mol. The Balaban J connectivity index is 2.23. The van der Waals surface area contributed by atoms with E-state index in [0.717, 1.165) is 12.1 Å². The Morgan fingerprint density at radius 1 is 1.45 bits per heavy atom. The van der Waals surface area contributed by atoms with Gasteiger partial charge in [-0.25, -0.2) is 8.78 Å². The van der Waals surface area contributed by atoms with Gasteiger partial charge >= 0.3 is 5.82 Å². The molecule has 106 valence electrons. The van der Waals surface area contributed by atoms with Crippen LogP contribution in [0, 0.1) is 28.7 Å². The standard InChI is InChI=1S/C12H11F2N3O3/c1-7-4-12(17(19)20)15-16(7)6-11(18)9-3-2-8(13)5-10(9)14/h2-5,11,18H,6H2,1H3/t11-/m1/s1. The second-order valence-corrected chi connectivity index (χ2v) is 4.26.